The summed E-state index contributed by atoms with van der Waals surface area (Å²) in [4.78, 5) is 17.4. The van der Waals surface area contributed by atoms with Gasteiger partial charge in [0.05, 0.1) is 17.1 Å². The predicted molar refractivity (Wildman–Crippen MR) is 132 cm³/mol. The molecule has 166 valence electrons. The molecule has 0 spiro atoms. The lowest BCUT2D eigenvalue weighted by Crippen LogP contribution is -2.37. The number of nitrogens with zero attached hydrogens (tertiary/aromatic N) is 2. The van der Waals surface area contributed by atoms with Crippen molar-refractivity contribution in [3.05, 3.63) is 90.6 Å². The average Bonchev–Trinajstić information content (AvgIpc) is 2.84. The van der Waals surface area contributed by atoms with Gasteiger partial charge in [0.15, 0.2) is 0 Å². The third-order valence-corrected chi connectivity index (χ3v) is 7.70. The van der Waals surface area contributed by atoms with Crippen molar-refractivity contribution < 1.29 is 13.2 Å². The van der Waals surface area contributed by atoms with Crippen LogP contribution in [-0.4, -0.2) is 31.6 Å². The molecule has 1 aliphatic rings. The van der Waals surface area contributed by atoms with E-state index in [-0.39, 0.29) is 11.7 Å². The van der Waals surface area contributed by atoms with Crippen LogP contribution in [0.2, 0.25) is 0 Å². The number of benzene rings is 3. The molecule has 0 unspecified atom stereocenters. The van der Waals surface area contributed by atoms with Gasteiger partial charge in [0.1, 0.15) is 0 Å². The Morgan fingerprint density at radius 1 is 0.909 bits per heavy atom. The minimum atomic E-state index is -3.28. The largest absolute Gasteiger partial charge is 0.322 e. The zero-order valence-electron chi connectivity index (χ0n) is 17.9. The van der Waals surface area contributed by atoms with Crippen LogP contribution in [0.5, 0.6) is 0 Å². The molecule has 5 rings (SSSR count). The molecule has 4 aromatic rings. The Bertz CT molecular complexity index is 1430. The van der Waals surface area contributed by atoms with Crippen molar-refractivity contribution >= 4 is 38.1 Å². The van der Waals surface area contributed by atoms with Gasteiger partial charge in [0.2, 0.25) is 10.0 Å². The number of fused-ring (bicyclic) bond motifs is 1. The third-order valence-electron chi connectivity index (χ3n) is 5.83. The first-order valence-electron chi connectivity index (χ1n) is 10.9. The lowest BCUT2D eigenvalue weighted by molar-refractivity contribution is 0.102. The van der Waals surface area contributed by atoms with E-state index >= 15 is 0 Å². The summed E-state index contributed by atoms with van der Waals surface area (Å²) in [7, 11) is -3.28. The molecule has 3 aromatic carbocycles. The molecule has 0 bridgehead atoms. The smallest absolute Gasteiger partial charge is 0.255 e. The Morgan fingerprint density at radius 3 is 2.55 bits per heavy atom. The Kier molecular flexibility index (Phi) is 5.56. The van der Waals surface area contributed by atoms with Crippen molar-refractivity contribution in [2.24, 2.45) is 0 Å². The molecule has 1 saturated heterocycles. The van der Waals surface area contributed by atoms with Crippen molar-refractivity contribution in [2.45, 2.75) is 12.8 Å². The standard InChI is InChI=1S/C26H23N3O3S/c30-26(20-10-12-23(13-11-20)29-16-3-4-17-33(29,31)32)28-22-8-5-7-21(18-22)25-24-9-2-1-6-19(24)14-15-27-25/h1-2,5-15,18H,3-4,16-17H2,(H,28,30). The maximum absolute atomic E-state index is 12.8. The van der Waals surface area contributed by atoms with Crippen molar-refractivity contribution in [3.8, 4) is 11.3 Å². The van der Waals surface area contributed by atoms with E-state index in [1.165, 1.54) is 4.31 Å². The van der Waals surface area contributed by atoms with E-state index < -0.39 is 10.0 Å². The number of aromatic nitrogens is 1. The molecule has 6 nitrogen and oxygen atoms in total. The van der Waals surface area contributed by atoms with Gasteiger partial charge in [-0.1, -0.05) is 36.4 Å². The first-order valence-corrected chi connectivity index (χ1v) is 12.5. The van der Waals surface area contributed by atoms with Crippen LogP contribution in [0.15, 0.2) is 85.1 Å². The first-order chi connectivity index (χ1) is 16.0. The second kappa shape index (κ2) is 8.67. The summed E-state index contributed by atoms with van der Waals surface area (Å²) in [5.74, 6) is -0.0944. The normalized spacial score (nSPS) is 15.3. The lowest BCUT2D eigenvalue weighted by Gasteiger charge is -2.28. The van der Waals surface area contributed by atoms with Gasteiger partial charge >= 0.3 is 0 Å². The van der Waals surface area contributed by atoms with E-state index in [0.29, 0.717) is 29.9 Å². The molecule has 33 heavy (non-hydrogen) atoms. The average molecular weight is 458 g/mol. The second-order valence-electron chi connectivity index (χ2n) is 8.06. The zero-order chi connectivity index (χ0) is 22.8. The van der Waals surface area contributed by atoms with Gasteiger partial charge in [-0.05, 0) is 60.7 Å². The van der Waals surface area contributed by atoms with Crippen molar-refractivity contribution in [1.29, 1.82) is 0 Å². The highest BCUT2D eigenvalue weighted by Gasteiger charge is 2.26. The molecular weight excluding hydrogens is 434 g/mol. The van der Waals surface area contributed by atoms with Gasteiger partial charge in [-0.25, -0.2) is 8.42 Å². The Hall–Kier alpha value is -3.71. The van der Waals surface area contributed by atoms with Gasteiger partial charge in [-0.2, -0.15) is 0 Å². The fourth-order valence-corrected chi connectivity index (χ4v) is 5.79. The summed E-state index contributed by atoms with van der Waals surface area (Å²) in [5, 5.41) is 5.09. The molecule has 7 heteroatoms. The lowest BCUT2D eigenvalue weighted by atomic mass is 10.0. The number of hydrogen-bond donors (Lipinski definition) is 1. The van der Waals surface area contributed by atoms with Crippen LogP contribution in [0, 0.1) is 0 Å². The van der Waals surface area contributed by atoms with Gasteiger partial charge in [0, 0.05) is 34.9 Å². The number of hydrogen-bond acceptors (Lipinski definition) is 4. The van der Waals surface area contributed by atoms with E-state index in [1.807, 2.05) is 54.6 Å². The molecule has 0 saturated carbocycles. The highest BCUT2D eigenvalue weighted by molar-refractivity contribution is 7.92. The fraction of sp³-hybridized carbons (Fsp3) is 0.154. The van der Waals surface area contributed by atoms with Crippen LogP contribution < -0.4 is 9.62 Å². The SMILES string of the molecule is O=C(Nc1cccc(-c2nccc3ccccc23)c1)c1ccc(N2CCCCS2(=O)=O)cc1. The van der Waals surface area contributed by atoms with Gasteiger partial charge in [-0.3, -0.25) is 14.1 Å². The summed E-state index contributed by atoms with van der Waals surface area (Å²) >= 11 is 0. The van der Waals surface area contributed by atoms with Crippen molar-refractivity contribution in [2.75, 3.05) is 21.9 Å². The zero-order valence-corrected chi connectivity index (χ0v) is 18.8. The quantitative estimate of drug-likeness (QED) is 0.463. The van der Waals surface area contributed by atoms with Crippen LogP contribution in [0.4, 0.5) is 11.4 Å². The van der Waals surface area contributed by atoms with Crippen LogP contribution in [0.25, 0.3) is 22.0 Å². The number of amides is 1. The second-order valence-corrected chi connectivity index (χ2v) is 10.1. The summed E-state index contributed by atoms with van der Waals surface area (Å²) in [5.41, 5.74) is 3.48. The molecule has 0 aliphatic carbocycles. The molecule has 1 fully saturated rings. The Morgan fingerprint density at radius 2 is 1.73 bits per heavy atom. The van der Waals surface area contributed by atoms with Crippen LogP contribution in [0.1, 0.15) is 23.2 Å². The minimum absolute atomic E-state index is 0.164. The maximum Gasteiger partial charge on any atom is 0.255 e. The van der Waals surface area contributed by atoms with Gasteiger partial charge in [0.25, 0.3) is 5.91 Å². The summed E-state index contributed by atoms with van der Waals surface area (Å²) in [6.07, 6.45) is 3.31. The number of anilines is 2. The topological polar surface area (TPSA) is 79.4 Å². The minimum Gasteiger partial charge on any atom is -0.322 e. The van der Waals surface area contributed by atoms with Crippen LogP contribution in [-0.2, 0) is 10.0 Å². The van der Waals surface area contributed by atoms with E-state index in [1.54, 1.807) is 30.5 Å². The number of carbonyl (C=O) groups excluding carboxylic acids is 1. The monoisotopic (exact) mass is 457 g/mol. The van der Waals surface area contributed by atoms with Crippen molar-refractivity contribution in [1.82, 2.24) is 4.98 Å². The number of rotatable bonds is 4. The molecule has 1 aromatic heterocycles. The molecule has 1 aliphatic heterocycles. The number of carbonyl (C=O) groups is 1. The summed E-state index contributed by atoms with van der Waals surface area (Å²) in [6.45, 7) is 0.475. The molecule has 1 N–H and O–H groups in total. The van der Waals surface area contributed by atoms with E-state index in [9.17, 15) is 13.2 Å². The summed E-state index contributed by atoms with van der Waals surface area (Å²) in [6, 6.07) is 24.3. The highest BCUT2D eigenvalue weighted by atomic mass is 32.2. The third kappa shape index (κ3) is 4.32. The predicted octanol–water partition coefficient (Wildman–Crippen LogP) is 5.08. The van der Waals surface area contributed by atoms with Gasteiger partial charge in [-0.15, -0.1) is 0 Å². The molecule has 0 radical (unpaired) electrons. The van der Waals surface area contributed by atoms with Crippen LogP contribution in [0.3, 0.4) is 0 Å². The summed E-state index contributed by atoms with van der Waals surface area (Å²) < 4.78 is 26.1. The van der Waals surface area contributed by atoms with Crippen molar-refractivity contribution in [3.63, 3.8) is 0 Å². The van der Waals surface area contributed by atoms with E-state index in [0.717, 1.165) is 28.5 Å². The van der Waals surface area contributed by atoms with E-state index in [4.69, 9.17) is 0 Å². The van der Waals surface area contributed by atoms with Crippen LogP contribution >= 0.6 is 0 Å². The number of nitrogens with one attached hydrogen (secondary N) is 1. The Balaban J connectivity index is 1.36. The Labute approximate surface area is 192 Å². The number of sulfonamides is 1. The number of pyridine rings is 1. The molecule has 0 atom stereocenters. The fourth-order valence-electron chi connectivity index (χ4n) is 4.16. The maximum atomic E-state index is 12.8. The van der Waals surface area contributed by atoms with E-state index in [2.05, 4.69) is 10.3 Å². The highest BCUT2D eigenvalue weighted by Crippen LogP contribution is 2.28. The first kappa shape index (κ1) is 21.2. The van der Waals surface area contributed by atoms with Gasteiger partial charge < -0.3 is 5.32 Å². The molecule has 2 heterocycles. The molecule has 1 amide bonds. The molecular formula is C26H23N3O3S.